The molecule has 0 atom stereocenters. The van der Waals surface area contributed by atoms with Crippen LogP contribution in [0.25, 0.3) is 0 Å². The number of nitrogens with zero attached hydrogens (tertiary/aromatic N) is 1. The van der Waals surface area contributed by atoms with E-state index < -0.39 is 5.82 Å². The first-order chi connectivity index (χ1) is 8.58. The number of amides is 2. The number of carbonyl (C=O) groups is 2. The van der Waals surface area contributed by atoms with E-state index in [1.165, 1.54) is 23.1 Å². The third-order valence-electron chi connectivity index (χ3n) is 2.74. The van der Waals surface area contributed by atoms with Crippen LogP contribution in [0.4, 0.5) is 4.39 Å². The predicted molar refractivity (Wildman–Crippen MR) is 67.2 cm³/mol. The van der Waals surface area contributed by atoms with Crippen LogP contribution in [0.1, 0.15) is 16.8 Å². The minimum absolute atomic E-state index is 0.0398. The highest BCUT2D eigenvalue weighted by atomic mass is 32.1. The van der Waals surface area contributed by atoms with Gasteiger partial charge in [0.2, 0.25) is 5.91 Å². The number of rotatable bonds is 1. The molecule has 1 N–H and O–H groups in total. The molecule has 1 aliphatic heterocycles. The predicted octanol–water partition coefficient (Wildman–Crippen LogP) is 1.08. The highest BCUT2D eigenvalue weighted by Crippen LogP contribution is 2.16. The lowest BCUT2D eigenvalue weighted by Crippen LogP contribution is -2.37. The molecule has 0 radical (unpaired) electrons. The summed E-state index contributed by atoms with van der Waals surface area (Å²) in [5, 5.41) is 2.69. The van der Waals surface area contributed by atoms with E-state index in [1.54, 1.807) is 0 Å². The molecule has 0 saturated carbocycles. The molecule has 1 aromatic carbocycles. The lowest BCUT2D eigenvalue weighted by Gasteiger charge is -2.19. The number of hydrogen-bond donors (Lipinski definition) is 2. The molecule has 1 saturated heterocycles. The van der Waals surface area contributed by atoms with Crippen molar-refractivity contribution in [2.75, 3.05) is 19.6 Å². The summed E-state index contributed by atoms with van der Waals surface area (Å²) in [5.74, 6) is -0.917. The van der Waals surface area contributed by atoms with Crippen LogP contribution in [0, 0.1) is 5.82 Å². The van der Waals surface area contributed by atoms with E-state index >= 15 is 0 Å². The van der Waals surface area contributed by atoms with E-state index in [2.05, 4.69) is 17.9 Å². The van der Waals surface area contributed by atoms with E-state index in [4.69, 9.17) is 0 Å². The Bertz CT molecular complexity index is 493. The Labute approximate surface area is 110 Å². The van der Waals surface area contributed by atoms with E-state index in [0.29, 0.717) is 25.1 Å². The smallest absolute Gasteiger partial charge is 0.254 e. The Morgan fingerprint density at radius 1 is 1.44 bits per heavy atom. The van der Waals surface area contributed by atoms with Crippen LogP contribution in [0.15, 0.2) is 23.1 Å². The largest absolute Gasteiger partial charge is 0.354 e. The standard InChI is InChI=1S/C12H13FN2O2S/c13-9-3-2-8(6-10(9)18)12(17)15-5-1-4-14-11(16)7-15/h2-3,6,18H,1,4-5,7H2,(H,14,16). The van der Waals surface area contributed by atoms with Gasteiger partial charge in [-0.15, -0.1) is 12.6 Å². The third kappa shape index (κ3) is 2.81. The van der Waals surface area contributed by atoms with E-state index in [-0.39, 0.29) is 23.3 Å². The van der Waals surface area contributed by atoms with Gasteiger partial charge in [0.05, 0.1) is 6.54 Å². The Hall–Kier alpha value is -1.56. The fraction of sp³-hybridized carbons (Fsp3) is 0.333. The van der Waals surface area contributed by atoms with Crippen molar-refractivity contribution in [3.05, 3.63) is 29.6 Å². The van der Waals surface area contributed by atoms with Crippen LogP contribution in [0.2, 0.25) is 0 Å². The summed E-state index contributed by atoms with van der Waals surface area (Å²) in [5.41, 5.74) is 0.344. The summed E-state index contributed by atoms with van der Waals surface area (Å²) in [4.78, 5) is 25.1. The number of thiol groups is 1. The Balaban J connectivity index is 2.19. The minimum atomic E-state index is -0.469. The molecule has 96 valence electrons. The average Bonchev–Trinajstić information content (AvgIpc) is 2.56. The van der Waals surface area contributed by atoms with Gasteiger partial charge in [-0.05, 0) is 24.6 Å². The molecule has 2 amide bonds. The van der Waals surface area contributed by atoms with Crippen LogP contribution < -0.4 is 5.32 Å². The van der Waals surface area contributed by atoms with Gasteiger partial charge in [-0.25, -0.2) is 4.39 Å². The number of carbonyl (C=O) groups excluding carboxylic acids is 2. The van der Waals surface area contributed by atoms with Gasteiger partial charge in [0.1, 0.15) is 5.82 Å². The zero-order valence-corrected chi connectivity index (χ0v) is 10.5. The Kier molecular flexibility index (Phi) is 3.86. The zero-order chi connectivity index (χ0) is 13.1. The second-order valence-electron chi connectivity index (χ2n) is 4.10. The molecule has 1 aliphatic rings. The maximum atomic E-state index is 13.1. The maximum absolute atomic E-state index is 13.1. The lowest BCUT2D eigenvalue weighted by molar-refractivity contribution is -0.121. The van der Waals surface area contributed by atoms with Crippen molar-refractivity contribution < 1.29 is 14.0 Å². The van der Waals surface area contributed by atoms with Crippen molar-refractivity contribution in [2.24, 2.45) is 0 Å². The van der Waals surface area contributed by atoms with Crippen molar-refractivity contribution in [1.82, 2.24) is 10.2 Å². The quantitative estimate of drug-likeness (QED) is 0.749. The molecule has 0 spiro atoms. The topological polar surface area (TPSA) is 49.4 Å². The van der Waals surface area contributed by atoms with Gasteiger partial charge in [0.15, 0.2) is 0 Å². The second-order valence-corrected chi connectivity index (χ2v) is 4.58. The van der Waals surface area contributed by atoms with Crippen LogP contribution in [-0.2, 0) is 4.79 Å². The zero-order valence-electron chi connectivity index (χ0n) is 9.65. The summed E-state index contributed by atoms with van der Waals surface area (Å²) in [6, 6.07) is 3.98. The molecule has 0 aromatic heterocycles. The highest BCUT2D eigenvalue weighted by Gasteiger charge is 2.21. The fourth-order valence-electron chi connectivity index (χ4n) is 1.81. The van der Waals surface area contributed by atoms with Crippen molar-refractivity contribution in [1.29, 1.82) is 0 Å². The molecule has 1 aromatic rings. The summed E-state index contributed by atoms with van der Waals surface area (Å²) in [6.07, 6.45) is 0.715. The average molecular weight is 268 g/mol. The molecule has 6 heteroatoms. The van der Waals surface area contributed by atoms with Gasteiger partial charge in [-0.3, -0.25) is 9.59 Å². The van der Waals surface area contributed by atoms with Crippen molar-refractivity contribution >= 4 is 24.4 Å². The second kappa shape index (κ2) is 5.39. The van der Waals surface area contributed by atoms with Crippen LogP contribution in [0.5, 0.6) is 0 Å². The number of nitrogens with one attached hydrogen (secondary N) is 1. The number of halogens is 1. The van der Waals surface area contributed by atoms with Gasteiger partial charge in [0.25, 0.3) is 5.91 Å². The van der Waals surface area contributed by atoms with Crippen molar-refractivity contribution in [2.45, 2.75) is 11.3 Å². The normalized spacial score (nSPS) is 16.1. The molecule has 1 heterocycles. The van der Waals surface area contributed by atoms with E-state index in [9.17, 15) is 14.0 Å². The highest BCUT2D eigenvalue weighted by molar-refractivity contribution is 7.80. The summed E-state index contributed by atoms with van der Waals surface area (Å²) in [7, 11) is 0. The summed E-state index contributed by atoms with van der Waals surface area (Å²) < 4.78 is 13.1. The Morgan fingerprint density at radius 3 is 2.94 bits per heavy atom. The maximum Gasteiger partial charge on any atom is 0.254 e. The summed E-state index contributed by atoms with van der Waals surface area (Å²) >= 11 is 3.94. The molecule has 1 fully saturated rings. The minimum Gasteiger partial charge on any atom is -0.354 e. The SMILES string of the molecule is O=C1CN(C(=O)c2ccc(F)c(S)c2)CCCN1. The van der Waals surface area contributed by atoms with Gasteiger partial charge < -0.3 is 10.2 Å². The Morgan fingerprint density at radius 2 is 2.22 bits per heavy atom. The van der Waals surface area contributed by atoms with Crippen molar-refractivity contribution in [3.8, 4) is 0 Å². The molecule has 18 heavy (non-hydrogen) atoms. The first-order valence-electron chi connectivity index (χ1n) is 5.62. The van der Waals surface area contributed by atoms with Crippen LogP contribution in [0.3, 0.4) is 0 Å². The lowest BCUT2D eigenvalue weighted by atomic mass is 10.2. The van der Waals surface area contributed by atoms with Gasteiger partial charge in [-0.2, -0.15) is 0 Å². The van der Waals surface area contributed by atoms with E-state index in [1.807, 2.05) is 0 Å². The number of hydrogen-bond acceptors (Lipinski definition) is 3. The fourth-order valence-corrected chi connectivity index (χ4v) is 2.02. The van der Waals surface area contributed by atoms with Crippen LogP contribution >= 0.6 is 12.6 Å². The van der Waals surface area contributed by atoms with E-state index in [0.717, 1.165) is 0 Å². The number of benzene rings is 1. The van der Waals surface area contributed by atoms with Gasteiger partial charge in [-0.1, -0.05) is 0 Å². The molecular formula is C12H13FN2O2S. The summed E-state index contributed by atoms with van der Waals surface area (Å²) in [6.45, 7) is 1.12. The third-order valence-corrected chi connectivity index (χ3v) is 3.08. The first kappa shape index (κ1) is 12.9. The molecule has 4 nitrogen and oxygen atoms in total. The molecule has 0 bridgehead atoms. The monoisotopic (exact) mass is 268 g/mol. The molecule has 0 aliphatic carbocycles. The van der Waals surface area contributed by atoms with Gasteiger partial charge in [0, 0.05) is 23.5 Å². The van der Waals surface area contributed by atoms with Gasteiger partial charge >= 0.3 is 0 Å². The molecule has 0 unspecified atom stereocenters. The van der Waals surface area contributed by atoms with Crippen LogP contribution in [-0.4, -0.2) is 36.3 Å². The van der Waals surface area contributed by atoms with Crippen molar-refractivity contribution in [3.63, 3.8) is 0 Å². The first-order valence-corrected chi connectivity index (χ1v) is 6.07. The molecule has 2 rings (SSSR count). The molecular weight excluding hydrogens is 255 g/mol.